The highest BCUT2D eigenvalue weighted by atomic mass is 79.9. The summed E-state index contributed by atoms with van der Waals surface area (Å²) in [5.74, 6) is 1.26. The molecule has 122 valence electrons. The Balaban J connectivity index is 1.97. The van der Waals surface area contributed by atoms with Crippen LogP contribution in [0.15, 0.2) is 22.7 Å². The second-order valence-corrected chi connectivity index (χ2v) is 8.20. The van der Waals surface area contributed by atoms with E-state index in [9.17, 15) is 10.5 Å². The fourth-order valence-corrected chi connectivity index (χ4v) is 5.95. The van der Waals surface area contributed by atoms with E-state index in [1.807, 2.05) is 18.2 Å². The number of methoxy groups -OCH3 is 1. The van der Waals surface area contributed by atoms with Gasteiger partial charge in [0.15, 0.2) is 10.8 Å². The molecule has 4 rings (SSSR count). The Hall–Kier alpha value is -1.74. The number of thioether (sulfide) groups is 1. The van der Waals surface area contributed by atoms with E-state index < -0.39 is 21.8 Å². The number of hydrogen-bond acceptors (Lipinski definition) is 6. The van der Waals surface area contributed by atoms with E-state index in [4.69, 9.17) is 15.2 Å². The molecule has 24 heavy (non-hydrogen) atoms. The van der Waals surface area contributed by atoms with Crippen LogP contribution in [0.2, 0.25) is 0 Å². The summed E-state index contributed by atoms with van der Waals surface area (Å²) >= 11 is 4.96. The van der Waals surface area contributed by atoms with Gasteiger partial charge in [-0.15, -0.1) is 0 Å². The number of hydrogen-bond donors (Lipinski definition) is 2. The zero-order valence-electron chi connectivity index (χ0n) is 12.8. The van der Waals surface area contributed by atoms with E-state index in [1.165, 1.54) is 11.8 Å². The minimum absolute atomic E-state index is 0.299. The van der Waals surface area contributed by atoms with E-state index >= 15 is 0 Å². The van der Waals surface area contributed by atoms with Crippen LogP contribution in [0.5, 0.6) is 5.75 Å². The summed E-state index contributed by atoms with van der Waals surface area (Å²) < 4.78 is 12.3. The molecule has 0 radical (unpaired) electrons. The van der Waals surface area contributed by atoms with Crippen LogP contribution < -0.4 is 15.5 Å². The van der Waals surface area contributed by atoms with Gasteiger partial charge < -0.3 is 9.47 Å². The van der Waals surface area contributed by atoms with Crippen LogP contribution in [0.3, 0.4) is 0 Å². The average molecular weight is 406 g/mol. The number of amidine groups is 1. The maximum atomic E-state index is 10.1. The van der Waals surface area contributed by atoms with Gasteiger partial charge in [-0.1, -0.05) is 27.7 Å². The van der Waals surface area contributed by atoms with Crippen molar-refractivity contribution in [3.63, 3.8) is 0 Å². The van der Waals surface area contributed by atoms with E-state index in [0.29, 0.717) is 18.2 Å². The quantitative estimate of drug-likeness (QED) is 0.739. The van der Waals surface area contributed by atoms with E-state index in [1.54, 1.807) is 7.11 Å². The third kappa shape index (κ3) is 1.48. The number of nitrogens with one attached hydrogen (secondary N) is 1. The Morgan fingerprint density at radius 2 is 2.25 bits per heavy atom. The predicted octanol–water partition coefficient (Wildman–Crippen LogP) is 0.443. The third-order valence-corrected chi connectivity index (χ3v) is 7.01. The van der Waals surface area contributed by atoms with Crippen LogP contribution >= 0.6 is 27.7 Å². The topological polar surface area (TPSA) is 106 Å². The highest BCUT2D eigenvalue weighted by Crippen LogP contribution is 2.81. The molecule has 1 spiro atoms. The van der Waals surface area contributed by atoms with Crippen LogP contribution in [0.4, 0.5) is 0 Å². The van der Waals surface area contributed by atoms with Crippen molar-refractivity contribution >= 4 is 33.5 Å². The van der Waals surface area contributed by atoms with Crippen LogP contribution in [-0.4, -0.2) is 30.4 Å². The molecule has 0 bridgehead atoms. The van der Waals surface area contributed by atoms with Gasteiger partial charge in [0.05, 0.1) is 25.9 Å². The fraction of sp³-hybridized carbons (Fsp3) is 0.438. The molecule has 1 saturated carbocycles. The molecule has 2 heterocycles. The first-order valence-electron chi connectivity index (χ1n) is 7.38. The third-order valence-electron chi connectivity index (χ3n) is 5.20. The summed E-state index contributed by atoms with van der Waals surface area (Å²) in [7, 11) is 1.57. The zero-order chi connectivity index (χ0) is 17.2. The van der Waals surface area contributed by atoms with Gasteiger partial charge in [-0.3, -0.25) is 5.73 Å². The van der Waals surface area contributed by atoms with Crippen molar-refractivity contribution in [1.29, 1.82) is 10.5 Å². The van der Waals surface area contributed by atoms with Crippen LogP contribution in [0, 0.1) is 33.5 Å². The molecule has 0 unspecified atom stereocenters. The summed E-state index contributed by atoms with van der Waals surface area (Å²) in [6.07, 6.45) is 0. The molecule has 0 amide bonds. The van der Waals surface area contributed by atoms with Crippen LogP contribution in [-0.2, 0) is 4.74 Å². The minimum Gasteiger partial charge on any atom is -0.496 e. The standard InChI is InChI=1S/C16H13BrN4O2S/c1-22-11-3-2-9(17)6-10(11)12-14(7-18)13(20)21-16(15(12,14)8-19)23-4-5-24-16/h2-3,6,12H,4-5H2,1H3,(H2,20,21)/p+1/t12-,14+,15+,16+/m0/s1. The fourth-order valence-electron chi connectivity index (χ4n) is 4.22. The monoisotopic (exact) mass is 405 g/mol. The SMILES string of the molecule is COc1ccc(Br)cc1[C@@H]1[C@@]2(C#N)[C@@]3([NH+]=C(N)[C@@]12C#N)OCCS3. The lowest BCUT2D eigenvalue weighted by Crippen LogP contribution is -2.88. The normalized spacial score (nSPS) is 39.0. The lowest BCUT2D eigenvalue weighted by molar-refractivity contribution is -0.583. The number of nitrogens with zero attached hydrogens (tertiary/aromatic N) is 2. The second kappa shape index (κ2) is 4.89. The molecule has 1 saturated heterocycles. The number of benzene rings is 1. The number of halogens is 1. The zero-order valence-corrected chi connectivity index (χ0v) is 15.2. The highest BCUT2D eigenvalue weighted by molar-refractivity contribution is 9.10. The van der Waals surface area contributed by atoms with Crippen molar-refractivity contribution < 1.29 is 14.5 Å². The summed E-state index contributed by atoms with van der Waals surface area (Å²) in [4.78, 5) is 3.10. The maximum absolute atomic E-state index is 10.1. The Morgan fingerprint density at radius 3 is 2.83 bits per heavy atom. The molecule has 1 aromatic carbocycles. The lowest BCUT2D eigenvalue weighted by Gasteiger charge is -2.24. The molecule has 6 nitrogen and oxygen atoms in total. The van der Waals surface area contributed by atoms with Gasteiger partial charge in [-0.05, 0) is 18.2 Å². The first-order valence-corrected chi connectivity index (χ1v) is 9.16. The Kier molecular flexibility index (Phi) is 3.21. The van der Waals surface area contributed by atoms with Gasteiger partial charge in [-0.2, -0.15) is 10.5 Å². The van der Waals surface area contributed by atoms with Crippen LogP contribution in [0.1, 0.15) is 11.5 Å². The molecule has 8 heteroatoms. The molecule has 3 N–H and O–H groups in total. The molecule has 3 aliphatic rings. The summed E-state index contributed by atoms with van der Waals surface area (Å²) in [6.45, 7) is 0.512. The second-order valence-electron chi connectivity index (χ2n) is 6.01. The first kappa shape index (κ1) is 15.8. The minimum atomic E-state index is -1.13. The summed E-state index contributed by atoms with van der Waals surface area (Å²) in [5, 5.41) is 19.1. The summed E-state index contributed by atoms with van der Waals surface area (Å²) in [5.41, 5.74) is 4.79. The van der Waals surface area contributed by atoms with Crippen molar-refractivity contribution in [3.8, 4) is 17.9 Å². The Bertz CT molecular complexity index is 855. The largest absolute Gasteiger partial charge is 0.496 e. The van der Waals surface area contributed by atoms with Gasteiger partial charge in [0.1, 0.15) is 5.75 Å². The van der Waals surface area contributed by atoms with Crippen molar-refractivity contribution in [2.45, 2.75) is 11.0 Å². The van der Waals surface area contributed by atoms with E-state index in [0.717, 1.165) is 15.8 Å². The molecule has 2 aliphatic heterocycles. The number of nitrogens with two attached hydrogens (primary N) is 1. The maximum Gasteiger partial charge on any atom is 0.277 e. The number of nitriles is 2. The first-order chi connectivity index (χ1) is 11.5. The number of fused-ring (bicyclic) bond motifs is 2. The van der Waals surface area contributed by atoms with E-state index in [2.05, 4.69) is 33.1 Å². The number of ether oxygens (including phenoxy) is 2. The smallest absolute Gasteiger partial charge is 0.277 e. The van der Waals surface area contributed by atoms with Gasteiger partial charge in [0, 0.05) is 21.7 Å². The molecular formula is C16H14BrN4O2S+. The van der Waals surface area contributed by atoms with Crippen molar-refractivity contribution in [3.05, 3.63) is 28.2 Å². The number of rotatable bonds is 2. The van der Waals surface area contributed by atoms with Gasteiger partial charge in [0.25, 0.3) is 10.9 Å². The Labute approximate surface area is 151 Å². The predicted molar refractivity (Wildman–Crippen MR) is 90.8 cm³/mol. The molecule has 4 atom stereocenters. The summed E-state index contributed by atoms with van der Waals surface area (Å²) in [6, 6.07) is 10.3. The molecular weight excluding hydrogens is 392 g/mol. The van der Waals surface area contributed by atoms with Crippen molar-refractivity contribution in [1.82, 2.24) is 0 Å². The van der Waals surface area contributed by atoms with Gasteiger partial charge in [0.2, 0.25) is 0 Å². The average Bonchev–Trinajstić information content (AvgIpc) is 2.83. The van der Waals surface area contributed by atoms with Gasteiger partial charge in [-0.25, -0.2) is 4.99 Å². The van der Waals surface area contributed by atoms with E-state index in [-0.39, 0.29) is 0 Å². The Morgan fingerprint density at radius 1 is 1.46 bits per heavy atom. The highest BCUT2D eigenvalue weighted by Gasteiger charge is 2.96. The lowest BCUT2D eigenvalue weighted by atomic mass is 9.95. The molecule has 0 aromatic heterocycles. The molecule has 1 aromatic rings. The van der Waals surface area contributed by atoms with Gasteiger partial charge >= 0.3 is 0 Å². The van der Waals surface area contributed by atoms with Crippen molar-refractivity contribution in [2.75, 3.05) is 19.5 Å². The van der Waals surface area contributed by atoms with Crippen LogP contribution in [0.25, 0.3) is 0 Å². The molecule has 2 fully saturated rings. The molecule has 1 aliphatic carbocycles. The van der Waals surface area contributed by atoms with Crippen molar-refractivity contribution in [2.24, 2.45) is 16.6 Å².